The summed E-state index contributed by atoms with van der Waals surface area (Å²) in [5.41, 5.74) is 3.29. The van der Waals surface area contributed by atoms with Crippen LogP contribution in [-0.4, -0.2) is 43.9 Å². The number of ether oxygens (including phenoxy) is 3. The van der Waals surface area contributed by atoms with Crippen LogP contribution in [0.4, 0.5) is 0 Å². The van der Waals surface area contributed by atoms with E-state index in [9.17, 15) is 0 Å². The van der Waals surface area contributed by atoms with Gasteiger partial charge >= 0.3 is 0 Å². The molecule has 0 bridgehead atoms. The minimum Gasteiger partial charge on any atom is -0.491 e. The van der Waals surface area contributed by atoms with Gasteiger partial charge in [-0.05, 0) is 43.9 Å². The van der Waals surface area contributed by atoms with Crippen LogP contribution in [0.5, 0.6) is 11.6 Å². The number of hydrogen-bond acceptors (Lipinski definition) is 5. The molecule has 0 radical (unpaired) electrons. The van der Waals surface area contributed by atoms with Crippen molar-refractivity contribution in [3.63, 3.8) is 0 Å². The summed E-state index contributed by atoms with van der Waals surface area (Å²) in [5.74, 6) is 2.25. The molecule has 3 rings (SSSR count). The maximum absolute atomic E-state index is 6.10. The van der Waals surface area contributed by atoms with Crippen LogP contribution >= 0.6 is 24.0 Å². The Labute approximate surface area is 202 Å². The quantitative estimate of drug-likeness (QED) is 0.286. The number of benzene rings is 1. The molecule has 2 aromatic rings. The summed E-state index contributed by atoms with van der Waals surface area (Å²) in [4.78, 5) is 8.89. The lowest BCUT2D eigenvalue weighted by Crippen LogP contribution is -2.37. The Bertz CT molecular complexity index is 824. The number of nitrogens with one attached hydrogen (secondary N) is 2. The van der Waals surface area contributed by atoms with E-state index in [4.69, 9.17) is 14.2 Å². The number of aliphatic imine (C=N–C) groups is 1. The first-order chi connectivity index (χ1) is 14.7. The Morgan fingerprint density at radius 3 is 2.81 bits per heavy atom. The third-order valence-electron chi connectivity index (χ3n) is 4.89. The smallest absolute Gasteiger partial charge is 0.212 e. The molecule has 1 aromatic carbocycles. The van der Waals surface area contributed by atoms with Gasteiger partial charge in [-0.2, -0.15) is 0 Å². The first kappa shape index (κ1) is 25.2. The van der Waals surface area contributed by atoms with E-state index >= 15 is 0 Å². The number of halogens is 1. The van der Waals surface area contributed by atoms with Crippen molar-refractivity contribution in [2.24, 2.45) is 4.99 Å². The van der Waals surface area contributed by atoms with Crippen LogP contribution in [0.3, 0.4) is 0 Å². The normalized spacial score (nSPS) is 15.8. The van der Waals surface area contributed by atoms with E-state index in [0.717, 1.165) is 48.8 Å². The first-order valence-electron chi connectivity index (χ1n) is 10.5. The lowest BCUT2D eigenvalue weighted by atomic mass is 10.1. The van der Waals surface area contributed by atoms with E-state index in [1.54, 1.807) is 13.3 Å². The van der Waals surface area contributed by atoms with Crippen LogP contribution in [0.1, 0.15) is 36.5 Å². The van der Waals surface area contributed by atoms with Crippen LogP contribution in [0, 0.1) is 6.92 Å². The largest absolute Gasteiger partial charge is 0.491 e. The minimum absolute atomic E-state index is 0. The van der Waals surface area contributed by atoms with Gasteiger partial charge in [0, 0.05) is 37.5 Å². The number of pyridine rings is 1. The fourth-order valence-corrected chi connectivity index (χ4v) is 3.22. The summed E-state index contributed by atoms with van der Waals surface area (Å²) in [6, 6.07) is 10.1. The summed E-state index contributed by atoms with van der Waals surface area (Å²) >= 11 is 0. The SMILES string of the molecule is CCNC(=NCc1ccc(OC)nc1)NCc1ccc(C)cc1OCC1CCCO1.I. The molecule has 2 N–H and O–H groups in total. The summed E-state index contributed by atoms with van der Waals surface area (Å²) in [5, 5.41) is 6.69. The highest BCUT2D eigenvalue weighted by Crippen LogP contribution is 2.22. The van der Waals surface area contributed by atoms with Gasteiger partial charge < -0.3 is 24.8 Å². The number of rotatable bonds is 9. The fraction of sp³-hybridized carbons (Fsp3) is 0.478. The Morgan fingerprint density at radius 2 is 2.13 bits per heavy atom. The molecule has 7 nitrogen and oxygen atoms in total. The number of aromatic nitrogens is 1. The lowest BCUT2D eigenvalue weighted by molar-refractivity contribution is 0.0676. The third-order valence-corrected chi connectivity index (χ3v) is 4.89. The lowest BCUT2D eigenvalue weighted by Gasteiger charge is -2.17. The monoisotopic (exact) mass is 540 g/mol. The van der Waals surface area contributed by atoms with Crippen LogP contribution in [0.2, 0.25) is 0 Å². The van der Waals surface area contributed by atoms with Gasteiger partial charge in [0.05, 0.1) is 19.8 Å². The van der Waals surface area contributed by atoms with E-state index in [1.165, 1.54) is 5.56 Å². The molecule has 1 aliphatic rings. The maximum atomic E-state index is 6.10. The number of methoxy groups -OCH3 is 1. The molecule has 1 aromatic heterocycles. The Kier molecular flexibility index (Phi) is 10.9. The highest BCUT2D eigenvalue weighted by atomic mass is 127. The Hall–Kier alpha value is -2.07. The zero-order valence-electron chi connectivity index (χ0n) is 18.5. The second-order valence-corrected chi connectivity index (χ2v) is 7.31. The summed E-state index contributed by atoms with van der Waals surface area (Å²) in [6.07, 6.45) is 4.16. The van der Waals surface area contributed by atoms with Gasteiger partial charge in [-0.1, -0.05) is 18.2 Å². The van der Waals surface area contributed by atoms with E-state index in [-0.39, 0.29) is 30.1 Å². The molecule has 31 heavy (non-hydrogen) atoms. The van der Waals surface area contributed by atoms with E-state index < -0.39 is 0 Å². The van der Waals surface area contributed by atoms with Crippen molar-refractivity contribution in [1.29, 1.82) is 0 Å². The number of guanidine groups is 1. The third kappa shape index (κ3) is 8.17. The highest BCUT2D eigenvalue weighted by Gasteiger charge is 2.17. The molecule has 8 heteroatoms. The molecule has 1 fully saturated rings. The molecule has 0 aliphatic carbocycles. The molecule has 0 saturated carbocycles. The van der Waals surface area contributed by atoms with Crippen LogP contribution in [-0.2, 0) is 17.8 Å². The maximum Gasteiger partial charge on any atom is 0.212 e. The average molecular weight is 540 g/mol. The van der Waals surface area contributed by atoms with Crippen LogP contribution < -0.4 is 20.1 Å². The predicted molar refractivity (Wildman–Crippen MR) is 134 cm³/mol. The van der Waals surface area contributed by atoms with Crippen molar-refractivity contribution in [2.75, 3.05) is 26.9 Å². The van der Waals surface area contributed by atoms with Gasteiger partial charge in [-0.15, -0.1) is 24.0 Å². The van der Waals surface area contributed by atoms with Crippen molar-refractivity contribution in [3.05, 3.63) is 53.2 Å². The standard InChI is InChI=1S/C23H32N4O3.HI/c1-4-24-23(26-14-18-8-10-22(28-3)25-13-18)27-15-19-9-7-17(2)12-21(19)30-16-20-6-5-11-29-20;/h7-10,12-13,20H,4-6,11,14-16H2,1-3H3,(H2,24,26,27);1H. The van der Waals surface area contributed by atoms with Crippen molar-refractivity contribution in [1.82, 2.24) is 15.6 Å². The zero-order chi connectivity index (χ0) is 21.2. The molecule has 0 amide bonds. The molecule has 1 saturated heterocycles. The molecule has 170 valence electrons. The second kappa shape index (κ2) is 13.4. The van der Waals surface area contributed by atoms with E-state index in [2.05, 4.69) is 45.7 Å². The molecule has 1 unspecified atom stereocenters. The highest BCUT2D eigenvalue weighted by molar-refractivity contribution is 14.0. The summed E-state index contributed by atoms with van der Waals surface area (Å²) < 4.78 is 16.9. The topological polar surface area (TPSA) is 77.0 Å². The van der Waals surface area contributed by atoms with Gasteiger partial charge in [-0.25, -0.2) is 9.98 Å². The second-order valence-electron chi connectivity index (χ2n) is 7.31. The number of hydrogen-bond donors (Lipinski definition) is 2. The fourth-order valence-electron chi connectivity index (χ4n) is 3.22. The van der Waals surface area contributed by atoms with Gasteiger partial charge in [0.1, 0.15) is 12.4 Å². The van der Waals surface area contributed by atoms with E-state index in [0.29, 0.717) is 25.6 Å². The van der Waals surface area contributed by atoms with Crippen molar-refractivity contribution < 1.29 is 14.2 Å². The molecule has 0 spiro atoms. The molecular weight excluding hydrogens is 507 g/mol. The Balaban J connectivity index is 0.00000341. The van der Waals surface area contributed by atoms with Crippen LogP contribution in [0.15, 0.2) is 41.5 Å². The number of nitrogens with zero attached hydrogens (tertiary/aromatic N) is 2. The first-order valence-corrected chi connectivity index (χ1v) is 10.5. The van der Waals surface area contributed by atoms with Gasteiger partial charge in [0.2, 0.25) is 5.88 Å². The number of aryl methyl sites for hydroxylation is 1. The van der Waals surface area contributed by atoms with Gasteiger partial charge in [0.25, 0.3) is 0 Å². The predicted octanol–water partition coefficient (Wildman–Crippen LogP) is 3.83. The minimum atomic E-state index is 0. The average Bonchev–Trinajstić information content (AvgIpc) is 3.29. The molecule has 2 heterocycles. The Morgan fingerprint density at radius 1 is 1.26 bits per heavy atom. The van der Waals surface area contributed by atoms with Crippen molar-refractivity contribution in [2.45, 2.75) is 45.9 Å². The molecule has 1 atom stereocenters. The van der Waals surface area contributed by atoms with Crippen LogP contribution in [0.25, 0.3) is 0 Å². The van der Waals surface area contributed by atoms with Gasteiger partial charge in [-0.3, -0.25) is 0 Å². The summed E-state index contributed by atoms with van der Waals surface area (Å²) in [6.45, 7) is 7.48. The molecule has 1 aliphatic heterocycles. The zero-order valence-corrected chi connectivity index (χ0v) is 20.8. The summed E-state index contributed by atoms with van der Waals surface area (Å²) in [7, 11) is 1.61. The van der Waals surface area contributed by atoms with E-state index in [1.807, 2.05) is 19.1 Å². The van der Waals surface area contributed by atoms with Gasteiger partial charge in [0.15, 0.2) is 5.96 Å². The van der Waals surface area contributed by atoms with Crippen molar-refractivity contribution >= 4 is 29.9 Å². The van der Waals surface area contributed by atoms with Crippen molar-refractivity contribution in [3.8, 4) is 11.6 Å². The molecular formula is C23H33IN4O3.